The molecule has 182 valence electrons. The first-order valence-electron chi connectivity index (χ1n) is 11.5. The summed E-state index contributed by atoms with van der Waals surface area (Å²) in [5.41, 5.74) is 2.56. The standard InChI is InChI=1S/C26H24N6O4/c1-16-27-12-18(13-28-16)22-23-21(20(36-2)15-30-22)19(14-29-23)24(33)26(35)32-10-8-31(9-11-32)25(34)17-6-4-3-5-7-17/h3-7,12-15,29H,8-11H2,1-2H3. The number of amides is 2. The Kier molecular flexibility index (Phi) is 6.16. The number of aromatic nitrogens is 4. The van der Waals surface area contributed by atoms with Gasteiger partial charge in [-0.15, -0.1) is 0 Å². The van der Waals surface area contributed by atoms with Gasteiger partial charge in [0, 0.05) is 55.9 Å². The molecule has 1 fully saturated rings. The van der Waals surface area contributed by atoms with Crippen molar-refractivity contribution in [1.82, 2.24) is 29.7 Å². The maximum absolute atomic E-state index is 13.3. The molecule has 0 unspecified atom stereocenters. The van der Waals surface area contributed by atoms with Crippen molar-refractivity contribution < 1.29 is 19.1 Å². The summed E-state index contributed by atoms with van der Waals surface area (Å²) in [4.78, 5) is 58.3. The summed E-state index contributed by atoms with van der Waals surface area (Å²) in [5.74, 6) is -0.364. The smallest absolute Gasteiger partial charge is 0.295 e. The first-order chi connectivity index (χ1) is 17.5. The Bertz CT molecular complexity index is 1440. The SMILES string of the molecule is COc1cnc(-c2cnc(C)nc2)c2[nH]cc(C(=O)C(=O)N3CCN(C(=O)c4ccccc4)CC3)c12. The van der Waals surface area contributed by atoms with Crippen molar-refractivity contribution in [3.8, 4) is 17.0 Å². The molecule has 1 aromatic carbocycles. The molecule has 2 amide bonds. The largest absolute Gasteiger partial charge is 0.494 e. The van der Waals surface area contributed by atoms with E-state index in [9.17, 15) is 14.4 Å². The molecule has 4 heterocycles. The van der Waals surface area contributed by atoms with E-state index in [2.05, 4.69) is 19.9 Å². The van der Waals surface area contributed by atoms with Crippen LogP contribution in [0, 0.1) is 6.92 Å². The number of piperazine rings is 1. The zero-order valence-corrected chi connectivity index (χ0v) is 19.9. The zero-order valence-electron chi connectivity index (χ0n) is 19.9. The van der Waals surface area contributed by atoms with Gasteiger partial charge in [0.2, 0.25) is 0 Å². The number of carbonyl (C=O) groups excluding carboxylic acids is 3. The fourth-order valence-electron chi connectivity index (χ4n) is 4.32. The molecule has 10 nitrogen and oxygen atoms in total. The predicted molar refractivity (Wildman–Crippen MR) is 132 cm³/mol. The number of benzene rings is 1. The van der Waals surface area contributed by atoms with Gasteiger partial charge in [-0.05, 0) is 19.1 Å². The van der Waals surface area contributed by atoms with Gasteiger partial charge in [-0.3, -0.25) is 19.4 Å². The van der Waals surface area contributed by atoms with Gasteiger partial charge < -0.3 is 19.5 Å². The Morgan fingerprint density at radius 1 is 0.917 bits per heavy atom. The summed E-state index contributed by atoms with van der Waals surface area (Å²) in [6, 6.07) is 9.01. The van der Waals surface area contributed by atoms with E-state index in [1.54, 1.807) is 36.4 Å². The Morgan fingerprint density at radius 2 is 1.58 bits per heavy atom. The number of pyridine rings is 1. The summed E-state index contributed by atoms with van der Waals surface area (Å²) in [7, 11) is 1.48. The maximum Gasteiger partial charge on any atom is 0.295 e. The van der Waals surface area contributed by atoms with E-state index < -0.39 is 11.7 Å². The highest BCUT2D eigenvalue weighted by molar-refractivity contribution is 6.45. The number of hydrogen-bond acceptors (Lipinski definition) is 7. The maximum atomic E-state index is 13.3. The normalized spacial score (nSPS) is 13.6. The monoisotopic (exact) mass is 484 g/mol. The first kappa shape index (κ1) is 23.2. The van der Waals surface area contributed by atoms with E-state index in [-0.39, 0.29) is 24.6 Å². The highest BCUT2D eigenvalue weighted by atomic mass is 16.5. The number of carbonyl (C=O) groups is 3. The number of ketones is 1. The van der Waals surface area contributed by atoms with Crippen molar-refractivity contribution in [2.75, 3.05) is 33.3 Å². The summed E-state index contributed by atoms with van der Waals surface area (Å²) >= 11 is 0. The minimum atomic E-state index is -0.653. The summed E-state index contributed by atoms with van der Waals surface area (Å²) in [6.45, 7) is 3.04. The number of nitrogens with one attached hydrogen (secondary N) is 1. The third-order valence-corrected chi connectivity index (χ3v) is 6.26. The second-order valence-electron chi connectivity index (χ2n) is 8.43. The molecule has 0 spiro atoms. The van der Waals surface area contributed by atoms with Crippen LogP contribution < -0.4 is 4.74 Å². The summed E-state index contributed by atoms with van der Waals surface area (Å²) in [6.07, 6.45) is 6.32. The molecule has 1 aliphatic rings. The number of fused-ring (bicyclic) bond motifs is 1. The molecule has 5 rings (SSSR count). The predicted octanol–water partition coefficient (Wildman–Crippen LogP) is 2.50. The zero-order chi connectivity index (χ0) is 25.2. The molecule has 0 bridgehead atoms. The second kappa shape index (κ2) is 9.57. The Hall–Kier alpha value is -4.60. The van der Waals surface area contributed by atoms with Crippen LogP contribution in [0.1, 0.15) is 26.5 Å². The number of methoxy groups -OCH3 is 1. The van der Waals surface area contributed by atoms with E-state index in [4.69, 9.17) is 4.74 Å². The van der Waals surface area contributed by atoms with Crippen LogP contribution in [0.5, 0.6) is 5.75 Å². The molecule has 1 N–H and O–H groups in total. The van der Waals surface area contributed by atoms with E-state index in [0.717, 1.165) is 0 Å². The van der Waals surface area contributed by atoms with Crippen LogP contribution in [0.25, 0.3) is 22.2 Å². The van der Waals surface area contributed by atoms with E-state index in [0.29, 0.717) is 52.4 Å². The van der Waals surface area contributed by atoms with Crippen molar-refractivity contribution >= 4 is 28.5 Å². The van der Waals surface area contributed by atoms with Crippen LogP contribution >= 0.6 is 0 Å². The minimum absolute atomic E-state index is 0.0875. The lowest BCUT2D eigenvalue weighted by molar-refractivity contribution is -0.127. The summed E-state index contributed by atoms with van der Waals surface area (Å²) < 4.78 is 5.46. The Balaban J connectivity index is 1.37. The van der Waals surface area contributed by atoms with Crippen molar-refractivity contribution in [3.63, 3.8) is 0 Å². The molecule has 1 saturated heterocycles. The van der Waals surface area contributed by atoms with Gasteiger partial charge in [-0.25, -0.2) is 9.97 Å². The number of nitrogens with zero attached hydrogens (tertiary/aromatic N) is 5. The highest BCUT2D eigenvalue weighted by Gasteiger charge is 2.31. The molecule has 4 aromatic rings. The molecular formula is C26H24N6O4. The van der Waals surface area contributed by atoms with Gasteiger partial charge in [0.1, 0.15) is 11.6 Å². The van der Waals surface area contributed by atoms with Crippen LogP contribution in [0.3, 0.4) is 0 Å². The molecule has 36 heavy (non-hydrogen) atoms. The van der Waals surface area contributed by atoms with Gasteiger partial charge >= 0.3 is 0 Å². The second-order valence-corrected chi connectivity index (χ2v) is 8.43. The topological polar surface area (TPSA) is 121 Å². The van der Waals surface area contributed by atoms with Crippen molar-refractivity contribution in [2.45, 2.75) is 6.92 Å². The van der Waals surface area contributed by atoms with E-state index in [1.165, 1.54) is 24.4 Å². The lowest BCUT2D eigenvalue weighted by Crippen LogP contribution is -2.52. The van der Waals surface area contributed by atoms with Crippen LogP contribution in [0.2, 0.25) is 0 Å². The minimum Gasteiger partial charge on any atom is -0.494 e. The van der Waals surface area contributed by atoms with Gasteiger partial charge in [0.05, 0.1) is 35.5 Å². The third-order valence-electron chi connectivity index (χ3n) is 6.26. The molecule has 1 aliphatic heterocycles. The van der Waals surface area contributed by atoms with Crippen molar-refractivity contribution in [1.29, 1.82) is 0 Å². The highest BCUT2D eigenvalue weighted by Crippen LogP contribution is 2.34. The number of rotatable bonds is 5. The molecule has 0 atom stereocenters. The van der Waals surface area contributed by atoms with Gasteiger partial charge in [0.15, 0.2) is 0 Å². The number of aromatic amines is 1. The van der Waals surface area contributed by atoms with Crippen LogP contribution in [0.15, 0.2) is 55.1 Å². The molecule has 0 aliphatic carbocycles. The molecule has 10 heteroatoms. The molecular weight excluding hydrogens is 460 g/mol. The molecule has 0 saturated carbocycles. The van der Waals surface area contributed by atoms with Crippen molar-refractivity contribution in [2.24, 2.45) is 0 Å². The van der Waals surface area contributed by atoms with Gasteiger partial charge in [0.25, 0.3) is 17.6 Å². The number of hydrogen-bond donors (Lipinski definition) is 1. The quantitative estimate of drug-likeness (QED) is 0.341. The molecule has 3 aromatic heterocycles. The number of H-pyrrole nitrogens is 1. The fourth-order valence-corrected chi connectivity index (χ4v) is 4.32. The van der Waals surface area contributed by atoms with E-state index in [1.807, 2.05) is 18.2 Å². The number of aryl methyl sites for hydroxylation is 1. The summed E-state index contributed by atoms with van der Waals surface area (Å²) in [5, 5.41) is 0.472. The Morgan fingerprint density at radius 3 is 2.25 bits per heavy atom. The van der Waals surface area contributed by atoms with Crippen molar-refractivity contribution in [3.05, 3.63) is 72.1 Å². The average molecular weight is 485 g/mol. The van der Waals surface area contributed by atoms with Crippen LogP contribution in [0.4, 0.5) is 0 Å². The molecule has 0 radical (unpaired) electrons. The lowest BCUT2D eigenvalue weighted by Gasteiger charge is -2.34. The van der Waals surface area contributed by atoms with Gasteiger partial charge in [-0.2, -0.15) is 0 Å². The van der Waals surface area contributed by atoms with Gasteiger partial charge in [-0.1, -0.05) is 18.2 Å². The lowest BCUT2D eigenvalue weighted by atomic mass is 10.1. The number of Topliss-reactive ketones (excluding diaryl/α,β-unsaturated/α-hetero) is 1. The van der Waals surface area contributed by atoms with Crippen LogP contribution in [-0.2, 0) is 4.79 Å². The average Bonchev–Trinajstić information content (AvgIpc) is 3.38. The van der Waals surface area contributed by atoms with E-state index >= 15 is 0 Å². The fraction of sp³-hybridized carbons (Fsp3) is 0.231. The van der Waals surface area contributed by atoms with Crippen LogP contribution in [-0.4, -0.2) is 80.6 Å². The third kappa shape index (κ3) is 4.17. The number of ether oxygens (including phenoxy) is 1. The first-order valence-corrected chi connectivity index (χ1v) is 11.5. The Labute approximate surface area is 206 Å².